The minimum atomic E-state index is -0.0444. The molecule has 0 spiro atoms. The number of rotatable bonds is 8. The number of benzene rings is 1. The van der Waals surface area contributed by atoms with E-state index in [0.29, 0.717) is 11.7 Å². The van der Waals surface area contributed by atoms with Crippen molar-refractivity contribution in [3.8, 4) is 17.2 Å². The summed E-state index contributed by atoms with van der Waals surface area (Å²) in [6, 6.07) is 10.7. The van der Waals surface area contributed by atoms with Crippen molar-refractivity contribution in [2.75, 3.05) is 0 Å². The van der Waals surface area contributed by atoms with E-state index in [1.54, 1.807) is 0 Å². The molecule has 1 aromatic carbocycles. The summed E-state index contributed by atoms with van der Waals surface area (Å²) in [5, 5.41) is 19.7. The maximum atomic E-state index is 4.80. The molecule has 4 rings (SSSR count). The number of nitrogens with one attached hydrogen (secondary N) is 1. The van der Waals surface area contributed by atoms with Crippen LogP contribution in [0.5, 0.6) is 0 Å². The van der Waals surface area contributed by atoms with Crippen LogP contribution in [0, 0.1) is 0 Å². The van der Waals surface area contributed by atoms with Crippen LogP contribution in [0.25, 0.3) is 17.2 Å². The van der Waals surface area contributed by atoms with Gasteiger partial charge in [-0.2, -0.15) is 10.3 Å². The van der Waals surface area contributed by atoms with Gasteiger partial charge in [-0.3, -0.25) is 0 Å². The van der Waals surface area contributed by atoms with Crippen molar-refractivity contribution < 1.29 is 0 Å². The fourth-order valence-corrected chi connectivity index (χ4v) is 3.96. The Kier molecular flexibility index (Phi) is 6.44. The molecule has 0 amide bonds. The van der Waals surface area contributed by atoms with Gasteiger partial charge in [0.25, 0.3) is 0 Å². The highest BCUT2D eigenvalue weighted by molar-refractivity contribution is 5.62. The zero-order valence-electron chi connectivity index (χ0n) is 20.5. The van der Waals surface area contributed by atoms with Crippen LogP contribution in [0.2, 0.25) is 0 Å². The molecule has 3 heterocycles. The predicted octanol–water partition coefficient (Wildman–Crippen LogP) is 5.06. The topological polar surface area (TPSA) is 90.1 Å². The first kappa shape index (κ1) is 22.9. The van der Waals surface area contributed by atoms with E-state index in [1.807, 2.05) is 0 Å². The lowest BCUT2D eigenvalue weighted by molar-refractivity contribution is 0.591. The summed E-state index contributed by atoms with van der Waals surface area (Å²) in [6.07, 6.45) is 5.31. The Hall–Kier alpha value is -3.29. The highest BCUT2D eigenvalue weighted by Gasteiger charge is 2.25. The number of hydrogen-bond donors (Lipinski definition) is 1. The van der Waals surface area contributed by atoms with Crippen molar-refractivity contribution in [3.63, 3.8) is 0 Å². The summed E-state index contributed by atoms with van der Waals surface area (Å²) >= 11 is 0. The van der Waals surface area contributed by atoms with Crippen LogP contribution in [-0.4, -0.2) is 40.0 Å². The van der Waals surface area contributed by atoms with Crippen molar-refractivity contribution in [1.82, 2.24) is 40.0 Å². The Morgan fingerprint density at radius 1 is 1.06 bits per heavy atom. The van der Waals surface area contributed by atoms with Gasteiger partial charge in [0.05, 0.1) is 12.2 Å². The van der Waals surface area contributed by atoms with Gasteiger partial charge in [-0.25, -0.2) is 9.67 Å². The maximum Gasteiger partial charge on any atom is 0.221 e. The van der Waals surface area contributed by atoms with Crippen molar-refractivity contribution in [2.24, 2.45) is 0 Å². The van der Waals surface area contributed by atoms with Gasteiger partial charge in [-0.05, 0) is 46.4 Å². The van der Waals surface area contributed by atoms with Crippen LogP contribution < -0.4 is 0 Å². The average Bonchev–Trinajstić information content (AvgIpc) is 3.51. The highest BCUT2D eigenvalue weighted by atomic mass is 15.5. The zero-order valence-corrected chi connectivity index (χ0v) is 20.5. The predicted molar refractivity (Wildman–Crippen MR) is 129 cm³/mol. The van der Waals surface area contributed by atoms with Crippen molar-refractivity contribution >= 4 is 0 Å². The quantitative estimate of drug-likeness (QED) is 0.408. The summed E-state index contributed by atoms with van der Waals surface area (Å²) in [5.41, 5.74) is 4.35. The van der Waals surface area contributed by atoms with Gasteiger partial charge in [0.15, 0.2) is 5.82 Å². The molecule has 33 heavy (non-hydrogen) atoms. The second-order valence-electron chi connectivity index (χ2n) is 9.90. The Morgan fingerprint density at radius 2 is 1.82 bits per heavy atom. The molecule has 1 N–H and O–H groups in total. The standard InChI is InChI=1S/C25H34N8/c1-7-8-9-21-26-23(17(2)3)29-33(21)16-18-10-12-19(13-11-18)32-15-14-20(25(4,5)6)22(32)24-27-30-31-28-24/h10-15,17H,7-9,16H2,1-6H3,(H,27,28,30,31). The van der Waals surface area contributed by atoms with Crippen LogP contribution in [0.4, 0.5) is 0 Å². The van der Waals surface area contributed by atoms with Crippen molar-refractivity contribution in [1.29, 1.82) is 0 Å². The van der Waals surface area contributed by atoms with Gasteiger partial charge in [-0.15, -0.1) is 10.2 Å². The summed E-state index contributed by atoms with van der Waals surface area (Å²) in [4.78, 5) is 4.80. The number of aryl methyl sites for hydroxylation is 1. The number of hydrogen-bond acceptors (Lipinski definition) is 5. The minimum Gasteiger partial charge on any atom is -0.313 e. The summed E-state index contributed by atoms with van der Waals surface area (Å²) < 4.78 is 4.20. The first-order valence-corrected chi connectivity index (χ1v) is 11.8. The van der Waals surface area contributed by atoms with Gasteiger partial charge in [0, 0.05) is 24.2 Å². The molecule has 0 saturated heterocycles. The molecular formula is C25H34N8. The molecule has 0 unspecified atom stereocenters. The highest BCUT2D eigenvalue weighted by Crippen LogP contribution is 2.34. The van der Waals surface area contributed by atoms with E-state index < -0.39 is 0 Å². The zero-order chi connectivity index (χ0) is 23.6. The Bertz CT molecular complexity index is 1170. The average molecular weight is 447 g/mol. The van der Waals surface area contributed by atoms with Crippen LogP contribution in [0.3, 0.4) is 0 Å². The van der Waals surface area contributed by atoms with E-state index in [4.69, 9.17) is 10.1 Å². The third-order valence-electron chi connectivity index (χ3n) is 5.83. The summed E-state index contributed by atoms with van der Waals surface area (Å²) in [7, 11) is 0. The first-order valence-electron chi connectivity index (χ1n) is 11.8. The summed E-state index contributed by atoms with van der Waals surface area (Å²) in [5.74, 6) is 2.91. The van der Waals surface area contributed by atoms with Crippen LogP contribution >= 0.6 is 0 Å². The fourth-order valence-electron chi connectivity index (χ4n) is 3.96. The van der Waals surface area contributed by atoms with Crippen molar-refractivity contribution in [2.45, 2.75) is 78.7 Å². The van der Waals surface area contributed by atoms with E-state index >= 15 is 0 Å². The van der Waals surface area contributed by atoms with Gasteiger partial charge >= 0.3 is 0 Å². The maximum absolute atomic E-state index is 4.80. The molecule has 0 radical (unpaired) electrons. The number of aromatic nitrogens is 8. The number of unbranched alkanes of at least 4 members (excludes halogenated alkanes) is 1. The number of tetrazole rings is 1. The van der Waals surface area contributed by atoms with Crippen LogP contribution in [0.15, 0.2) is 36.5 Å². The molecule has 0 atom stereocenters. The third-order valence-corrected chi connectivity index (χ3v) is 5.83. The lowest BCUT2D eigenvalue weighted by Gasteiger charge is -2.19. The largest absolute Gasteiger partial charge is 0.313 e. The molecule has 0 saturated carbocycles. The van der Waals surface area contributed by atoms with Gasteiger partial charge in [-0.1, -0.05) is 60.1 Å². The van der Waals surface area contributed by atoms with Crippen LogP contribution in [-0.2, 0) is 18.4 Å². The minimum absolute atomic E-state index is 0.0444. The summed E-state index contributed by atoms with van der Waals surface area (Å²) in [6.45, 7) is 13.8. The van der Waals surface area contributed by atoms with E-state index in [-0.39, 0.29) is 5.41 Å². The molecule has 4 aromatic rings. The molecule has 0 aliphatic carbocycles. The van der Waals surface area contributed by atoms with Gasteiger partial charge in [0.2, 0.25) is 5.82 Å². The molecule has 3 aromatic heterocycles. The molecule has 8 nitrogen and oxygen atoms in total. The van der Waals surface area contributed by atoms with Crippen LogP contribution in [0.1, 0.15) is 83.1 Å². The smallest absolute Gasteiger partial charge is 0.221 e. The van der Waals surface area contributed by atoms with Gasteiger partial charge in [0.1, 0.15) is 5.82 Å². The second kappa shape index (κ2) is 9.29. The SMILES string of the molecule is CCCCc1nc(C(C)C)nn1Cc1ccc(-n2ccc(C(C)(C)C)c2-c2nn[nH]n2)cc1. The molecule has 0 aliphatic rings. The first-order chi connectivity index (χ1) is 15.8. The lowest BCUT2D eigenvalue weighted by atomic mass is 9.87. The number of aromatic amines is 1. The fraction of sp³-hybridized carbons (Fsp3) is 0.480. The van der Waals surface area contributed by atoms with Gasteiger partial charge < -0.3 is 4.57 Å². The lowest BCUT2D eigenvalue weighted by Crippen LogP contribution is -2.13. The number of H-pyrrole nitrogens is 1. The van der Waals surface area contributed by atoms with E-state index in [9.17, 15) is 0 Å². The van der Waals surface area contributed by atoms with Crippen molar-refractivity contribution in [3.05, 3.63) is 59.3 Å². The molecule has 0 fully saturated rings. The van der Waals surface area contributed by atoms with E-state index in [0.717, 1.165) is 48.8 Å². The Morgan fingerprint density at radius 3 is 2.42 bits per heavy atom. The number of nitrogens with zero attached hydrogens (tertiary/aromatic N) is 7. The normalized spacial score (nSPS) is 12.1. The second-order valence-corrected chi connectivity index (χ2v) is 9.90. The molecule has 0 aliphatic heterocycles. The monoisotopic (exact) mass is 446 g/mol. The molecule has 174 valence electrons. The molecular weight excluding hydrogens is 412 g/mol. The third kappa shape index (κ3) is 4.89. The molecule has 8 heteroatoms. The Balaban J connectivity index is 1.64. The molecule has 0 bridgehead atoms. The van der Waals surface area contributed by atoms with E-state index in [1.165, 1.54) is 11.1 Å². The van der Waals surface area contributed by atoms with E-state index in [2.05, 4.69) is 108 Å². The Labute approximate surface area is 195 Å².